The predicted octanol–water partition coefficient (Wildman–Crippen LogP) is 3.60. The van der Waals surface area contributed by atoms with Gasteiger partial charge in [-0.25, -0.2) is 4.98 Å². The molecule has 1 saturated heterocycles. The number of carbonyl (C=O) groups excluding carboxylic acids is 1. The lowest BCUT2D eigenvalue weighted by atomic mass is 9.94. The Morgan fingerprint density at radius 3 is 3.00 bits per heavy atom. The van der Waals surface area contributed by atoms with Crippen molar-refractivity contribution in [2.45, 2.75) is 24.9 Å². The molecule has 150 valence electrons. The largest absolute Gasteiger partial charge is 0.341 e. The van der Waals surface area contributed by atoms with Crippen LogP contribution >= 0.6 is 23.4 Å². The Bertz CT molecular complexity index is 962. The van der Waals surface area contributed by atoms with Crippen molar-refractivity contribution in [2.75, 3.05) is 34.8 Å². The van der Waals surface area contributed by atoms with Crippen molar-refractivity contribution in [2.24, 2.45) is 0 Å². The van der Waals surface area contributed by atoms with Crippen LogP contribution in [0.25, 0.3) is 5.57 Å². The molecule has 0 saturated carbocycles. The van der Waals surface area contributed by atoms with Crippen LogP contribution in [-0.4, -0.2) is 47.6 Å². The monoisotopic (exact) mass is 426 g/mol. The highest BCUT2D eigenvalue weighted by molar-refractivity contribution is 7.99. The molecule has 3 aliphatic rings. The number of nitrogens with one attached hydrogen (secondary N) is 2. The van der Waals surface area contributed by atoms with Gasteiger partial charge in [0.15, 0.2) is 5.82 Å². The number of anilines is 2. The van der Waals surface area contributed by atoms with Crippen LogP contribution in [0.15, 0.2) is 42.6 Å². The molecule has 5 rings (SSSR count). The first-order chi connectivity index (χ1) is 14.2. The number of amides is 1. The third kappa shape index (κ3) is 3.89. The second-order valence-corrected chi connectivity index (χ2v) is 9.29. The SMILES string of the molecule is O=C1Nc2cc(CC3C=C(c4ccc(Cl)cc4)CCN3)cnc2N2CCSC[C@@H]12. The summed E-state index contributed by atoms with van der Waals surface area (Å²) in [6.07, 6.45) is 6.11. The van der Waals surface area contributed by atoms with E-state index in [4.69, 9.17) is 16.6 Å². The lowest BCUT2D eigenvalue weighted by Gasteiger charge is -2.39. The average Bonchev–Trinajstić information content (AvgIpc) is 2.74. The first-order valence-electron chi connectivity index (χ1n) is 10.0. The van der Waals surface area contributed by atoms with E-state index in [1.165, 1.54) is 11.1 Å². The van der Waals surface area contributed by atoms with Crippen molar-refractivity contribution >= 4 is 46.3 Å². The van der Waals surface area contributed by atoms with Gasteiger partial charge in [-0.1, -0.05) is 29.8 Å². The number of thioether (sulfide) groups is 1. The van der Waals surface area contributed by atoms with Gasteiger partial charge in [0.25, 0.3) is 0 Å². The number of fused-ring (bicyclic) bond motifs is 3. The van der Waals surface area contributed by atoms with Gasteiger partial charge in [-0.15, -0.1) is 0 Å². The van der Waals surface area contributed by atoms with E-state index >= 15 is 0 Å². The zero-order chi connectivity index (χ0) is 19.8. The summed E-state index contributed by atoms with van der Waals surface area (Å²) in [4.78, 5) is 19.4. The molecule has 1 amide bonds. The quantitative estimate of drug-likeness (QED) is 0.785. The number of benzene rings is 1. The van der Waals surface area contributed by atoms with E-state index in [0.29, 0.717) is 0 Å². The summed E-state index contributed by atoms with van der Waals surface area (Å²) in [7, 11) is 0. The molecule has 2 N–H and O–H groups in total. The van der Waals surface area contributed by atoms with Crippen LogP contribution in [0.2, 0.25) is 5.02 Å². The van der Waals surface area contributed by atoms with E-state index in [1.54, 1.807) is 0 Å². The van der Waals surface area contributed by atoms with Crippen LogP contribution in [0, 0.1) is 0 Å². The second-order valence-electron chi connectivity index (χ2n) is 7.70. The molecule has 0 bridgehead atoms. The molecule has 4 heterocycles. The molecule has 1 fully saturated rings. The molecule has 3 aliphatic heterocycles. The van der Waals surface area contributed by atoms with Crippen LogP contribution in [0.5, 0.6) is 0 Å². The maximum absolute atomic E-state index is 12.5. The van der Waals surface area contributed by atoms with Crippen LogP contribution in [-0.2, 0) is 11.2 Å². The number of nitrogens with zero attached hydrogens (tertiary/aromatic N) is 2. The number of hydrogen-bond donors (Lipinski definition) is 2. The van der Waals surface area contributed by atoms with Gasteiger partial charge in [-0.2, -0.15) is 11.8 Å². The van der Waals surface area contributed by atoms with Gasteiger partial charge in [-0.05, 0) is 54.3 Å². The van der Waals surface area contributed by atoms with Crippen molar-refractivity contribution in [3.63, 3.8) is 0 Å². The summed E-state index contributed by atoms with van der Waals surface area (Å²) in [6.45, 7) is 1.82. The predicted molar refractivity (Wildman–Crippen MR) is 121 cm³/mol. The minimum absolute atomic E-state index is 0.0874. The molecule has 0 radical (unpaired) electrons. The third-order valence-electron chi connectivity index (χ3n) is 5.76. The van der Waals surface area contributed by atoms with Gasteiger partial charge >= 0.3 is 0 Å². The highest BCUT2D eigenvalue weighted by Crippen LogP contribution is 2.34. The normalized spacial score (nSPS) is 23.7. The zero-order valence-electron chi connectivity index (χ0n) is 16.0. The Hall–Kier alpha value is -2.02. The van der Waals surface area contributed by atoms with Crippen LogP contribution in [0.1, 0.15) is 17.5 Å². The van der Waals surface area contributed by atoms with Crippen molar-refractivity contribution in [1.82, 2.24) is 10.3 Å². The molecule has 0 aliphatic carbocycles. The number of carbonyl (C=O) groups is 1. The molecule has 29 heavy (non-hydrogen) atoms. The van der Waals surface area contributed by atoms with E-state index in [2.05, 4.69) is 39.8 Å². The van der Waals surface area contributed by atoms with Crippen molar-refractivity contribution in [3.05, 3.63) is 58.8 Å². The number of hydrogen-bond acceptors (Lipinski definition) is 5. The summed E-state index contributed by atoms with van der Waals surface area (Å²) in [6, 6.07) is 10.3. The van der Waals surface area contributed by atoms with Gasteiger partial charge in [-0.3, -0.25) is 4.79 Å². The van der Waals surface area contributed by atoms with Gasteiger partial charge in [0.05, 0.1) is 5.69 Å². The van der Waals surface area contributed by atoms with Gasteiger partial charge in [0.1, 0.15) is 6.04 Å². The van der Waals surface area contributed by atoms with E-state index in [0.717, 1.165) is 59.5 Å². The maximum atomic E-state index is 12.5. The Kier molecular flexibility index (Phi) is 5.24. The van der Waals surface area contributed by atoms with Gasteiger partial charge < -0.3 is 15.5 Å². The number of aromatic nitrogens is 1. The summed E-state index contributed by atoms with van der Waals surface area (Å²) >= 11 is 7.86. The lowest BCUT2D eigenvalue weighted by molar-refractivity contribution is -0.117. The van der Waals surface area contributed by atoms with Crippen LogP contribution in [0.4, 0.5) is 11.5 Å². The molecule has 5 nitrogen and oxygen atoms in total. The molecule has 0 spiro atoms. The molecular formula is C22H23ClN4OS. The maximum Gasteiger partial charge on any atom is 0.248 e. The van der Waals surface area contributed by atoms with E-state index < -0.39 is 0 Å². The smallest absolute Gasteiger partial charge is 0.248 e. The molecule has 2 aromatic rings. The van der Waals surface area contributed by atoms with Crippen molar-refractivity contribution in [3.8, 4) is 0 Å². The van der Waals surface area contributed by atoms with Crippen molar-refractivity contribution < 1.29 is 4.79 Å². The second kappa shape index (κ2) is 8.01. The zero-order valence-corrected chi connectivity index (χ0v) is 17.6. The fourth-order valence-corrected chi connectivity index (χ4v) is 5.46. The number of halogens is 1. The third-order valence-corrected chi connectivity index (χ3v) is 7.03. The topological polar surface area (TPSA) is 57.3 Å². The number of pyridine rings is 1. The van der Waals surface area contributed by atoms with E-state index in [1.807, 2.05) is 30.1 Å². The first-order valence-corrected chi connectivity index (χ1v) is 11.5. The Morgan fingerprint density at radius 2 is 2.14 bits per heavy atom. The number of rotatable bonds is 3. The summed E-state index contributed by atoms with van der Waals surface area (Å²) in [5.41, 5.74) is 4.54. The summed E-state index contributed by atoms with van der Waals surface area (Å²) in [5, 5.41) is 7.41. The minimum Gasteiger partial charge on any atom is -0.341 e. The van der Waals surface area contributed by atoms with Gasteiger partial charge in [0, 0.05) is 35.3 Å². The Morgan fingerprint density at radius 1 is 1.28 bits per heavy atom. The van der Waals surface area contributed by atoms with Crippen LogP contribution in [0.3, 0.4) is 0 Å². The van der Waals surface area contributed by atoms with Crippen molar-refractivity contribution in [1.29, 1.82) is 0 Å². The standard InChI is InChI=1S/C22H23ClN4OS/c23-17-3-1-15(2-4-17)16-5-6-24-18(11-16)9-14-10-19-21(25-12-14)27-7-8-29-13-20(27)22(28)26-19/h1-4,10-12,18,20,24H,5-9,13H2,(H,26,28)/t18?,20-/m0/s1. The molecular weight excluding hydrogens is 404 g/mol. The van der Waals surface area contributed by atoms with E-state index in [9.17, 15) is 4.79 Å². The highest BCUT2D eigenvalue weighted by atomic mass is 35.5. The molecule has 2 atom stereocenters. The minimum atomic E-state index is -0.0931. The summed E-state index contributed by atoms with van der Waals surface area (Å²) in [5.74, 6) is 2.87. The Labute approximate surface area is 179 Å². The highest BCUT2D eigenvalue weighted by Gasteiger charge is 2.36. The molecule has 1 aromatic carbocycles. The average molecular weight is 427 g/mol. The Balaban J connectivity index is 1.36. The van der Waals surface area contributed by atoms with Gasteiger partial charge in [0.2, 0.25) is 5.91 Å². The first kappa shape index (κ1) is 19.0. The molecule has 1 aromatic heterocycles. The molecule has 7 heteroatoms. The van der Waals surface area contributed by atoms with E-state index in [-0.39, 0.29) is 18.0 Å². The fourth-order valence-electron chi connectivity index (χ4n) is 4.29. The fraction of sp³-hybridized carbons (Fsp3) is 0.364. The molecule has 1 unspecified atom stereocenters. The lowest BCUT2D eigenvalue weighted by Crippen LogP contribution is -2.53. The van der Waals surface area contributed by atoms with Crippen LogP contribution < -0.4 is 15.5 Å². The summed E-state index contributed by atoms with van der Waals surface area (Å²) < 4.78 is 0.